The minimum absolute atomic E-state index is 0.0218. The molecule has 0 radical (unpaired) electrons. The van der Waals surface area contributed by atoms with E-state index in [-0.39, 0.29) is 36.2 Å². The molecule has 0 aromatic heterocycles. The number of likely N-dealkylation sites (N-methyl/N-ethyl adjacent to an activating group) is 1. The van der Waals surface area contributed by atoms with Gasteiger partial charge in [-0.05, 0) is 63.1 Å². The Kier molecular flexibility index (Phi) is 5.69. The van der Waals surface area contributed by atoms with Crippen LogP contribution in [-0.4, -0.2) is 54.2 Å². The van der Waals surface area contributed by atoms with Gasteiger partial charge in [-0.15, -0.1) is 0 Å². The number of hydrogen-bond acceptors (Lipinski definition) is 4. The van der Waals surface area contributed by atoms with Gasteiger partial charge in [0.05, 0.1) is 12.1 Å². The van der Waals surface area contributed by atoms with Gasteiger partial charge in [-0.3, -0.25) is 9.59 Å². The zero-order valence-electron chi connectivity index (χ0n) is 16.8. The van der Waals surface area contributed by atoms with Crippen LogP contribution in [0.25, 0.3) is 0 Å². The standard InChI is InChI=1S/C22H31N3O3/c1-3-18(23-2)21(26)24-19-10-8-16-9-11-20(25(16)22(19)27)28-17-12-14-6-4-5-7-15(14)13-17/h4-7,16-20,23H,3,8-13H2,1-2H3,(H,24,26)/t16-,18?,19-,20?/m0/s1. The summed E-state index contributed by atoms with van der Waals surface area (Å²) in [6.45, 7) is 1.96. The fourth-order valence-corrected chi connectivity index (χ4v) is 5.01. The van der Waals surface area contributed by atoms with Gasteiger partial charge in [-0.2, -0.15) is 0 Å². The van der Waals surface area contributed by atoms with E-state index >= 15 is 0 Å². The molecule has 0 bridgehead atoms. The van der Waals surface area contributed by atoms with Crippen LogP contribution in [0, 0.1) is 0 Å². The lowest BCUT2D eigenvalue weighted by Crippen LogP contribution is -2.58. The molecule has 6 heteroatoms. The van der Waals surface area contributed by atoms with E-state index < -0.39 is 6.04 Å². The third kappa shape index (κ3) is 3.67. The number of fused-ring (bicyclic) bond motifs is 2. The van der Waals surface area contributed by atoms with Crippen molar-refractivity contribution in [1.82, 2.24) is 15.5 Å². The Morgan fingerprint density at radius 2 is 1.86 bits per heavy atom. The first kappa shape index (κ1) is 19.4. The molecule has 6 nitrogen and oxygen atoms in total. The molecule has 2 unspecified atom stereocenters. The third-order valence-electron chi connectivity index (χ3n) is 6.54. The maximum absolute atomic E-state index is 13.2. The molecule has 2 amide bonds. The molecule has 0 saturated carbocycles. The second kappa shape index (κ2) is 8.21. The van der Waals surface area contributed by atoms with E-state index in [1.165, 1.54) is 11.1 Å². The summed E-state index contributed by atoms with van der Waals surface area (Å²) in [5.41, 5.74) is 2.71. The van der Waals surface area contributed by atoms with Gasteiger partial charge in [0.2, 0.25) is 11.8 Å². The number of carbonyl (C=O) groups is 2. The van der Waals surface area contributed by atoms with Crippen molar-refractivity contribution in [3.8, 4) is 0 Å². The van der Waals surface area contributed by atoms with Crippen LogP contribution < -0.4 is 10.6 Å². The van der Waals surface area contributed by atoms with Crippen LogP contribution >= 0.6 is 0 Å². The summed E-state index contributed by atoms with van der Waals surface area (Å²) >= 11 is 0. The number of hydrogen-bond donors (Lipinski definition) is 2. The summed E-state index contributed by atoms with van der Waals surface area (Å²) < 4.78 is 6.42. The van der Waals surface area contributed by atoms with Gasteiger partial charge in [0.15, 0.2) is 0 Å². The van der Waals surface area contributed by atoms with Crippen LogP contribution in [0.4, 0.5) is 0 Å². The molecule has 1 aromatic carbocycles. The molecular weight excluding hydrogens is 354 g/mol. The fourth-order valence-electron chi connectivity index (χ4n) is 5.01. The van der Waals surface area contributed by atoms with Gasteiger partial charge in [0, 0.05) is 6.04 Å². The van der Waals surface area contributed by atoms with Gasteiger partial charge in [0.25, 0.3) is 0 Å². The van der Waals surface area contributed by atoms with Crippen molar-refractivity contribution in [3.05, 3.63) is 35.4 Å². The van der Waals surface area contributed by atoms with Crippen LogP contribution in [0.1, 0.15) is 50.2 Å². The Hall–Kier alpha value is -1.92. The SMILES string of the molecule is CCC(NC)C(=O)N[C@H]1CC[C@H]2CCC(OC3Cc4ccccc4C3)N2C1=O. The number of nitrogens with one attached hydrogen (secondary N) is 2. The highest BCUT2D eigenvalue weighted by molar-refractivity contribution is 5.90. The molecule has 2 saturated heterocycles. The molecule has 3 aliphatic rings. The molecule has 152 valence electrons. The molecule has 2 aliphatic heterocycles. The molecular formula is C22H31N3O3. The summed E-state index contributed by atoms with van der Waals surface area (Å²) in [6, 6.07) is 8.04. The van der Waals surface area contributed by atoms with E-state index in [0.29, 0.717) is 12.8 Å². The van der Waals surface area contributed by atoms with Crippen LogP contribution in [0.15, 0.2) is 24.3 Å². The maximum atomic E-state index is 13.2. The number of piperidine rings is 1. The number of rotatable bonds is 6. The zero-order chi connectivity index (χ0) is 19.7. The Morgan fingerprint density at radius 3 is 2.50 bits per heavy atom. The summed E-state index contributed by atoms with van der Waals surface area (Å²) in [5, 5.41) is 5.97. The minimum Gasteiger partial charge on any atom is -0.354 e. The lowest BCUT2D eigenvalue weighted by molar-refractivity contribution is -0.157. The molecule has 0 spiro atoms. The number of nitrogens with zero attached hydrogens (tertiary/aromatic N) is 1. The van der Waals surface area contributed by atoms with E-state index in [4.69, 9.17) is 4.74 Å². The van der Waals surface area contributed by atoms with Gasteiger partial charge < -0.3 is 20.3 Å². The maximum Gasteiger partial charge on any atom is 0.247 e. The van der Waals surface area contributed by atoms with Gasteiger partial charge in [-0.25, -0.2) is 0 Å². The number of amides is 2. The number of ether oxygens (including phenoxy) is 1. The van der Waals surface area contributed by atoms with Crippen molar-refractivity contribution in [2.24, 2.45) is 0 Å². The quantitative estimate of drug-likeness (QED) is 0.783. The molecule has 2 heterocycles. The van der Waals surface area contributed by atoms with Gasteiger partial charge in [0.1, 0.15) is 12.3 Å². The van der Waals surface area contributed by atoms with Crippen LogP contribution in [0.5, 0.6) is 0 Å². The lowest BCUT2D eigenvalue weighted by Gasteiger charge is -2.39. The molecule has 4 atom stereocenters. The predicted octanol–water partition coefficient (Wildman–Crippen LogP) is 1.76. The Labute approximate surface area is 167 Å². The molecule has 1 aromatic rings. The second-order valence-corrected chi connectivity index (χ2v) is 8.25. The van der Waals surface area contributed by atoms with Crippen molar-refractivity contribution in [2.75, 3.05) is 7.05 Å². The van der Waals surface area contributed by atoms with Crippen molar-refractivity contribution in [2.45, 2.75) is 82.3 Å². The van der Waals surface area contributed by atoms with Crippen molar-refractivity contribution in [3.63, 3.8) is 0 Å². The second-order valence-electron chi connectivity index (χ2n) is 8.25. The van der Waals surface area contributed by atoms with Crippen LogP contribution in [-0.2, 0) is 27.2 Å². The van der Waals surface area contributed by atoms with E-state index in [1.807, 2.05) is 11.8 Å². The Bertz CT molecular complexity index is 708. The topological polar surface area (TPSA) is 70.7 Å². The highest BCUT2D eigenvalue weighted by Crippen LogP contribution is 2.35. The predicted molar refractivity (Wildman–Crippen MR) is 107 cm³/mol. The molecule has 1 aliphatic carbocycles. The average molecular weight is 386 g/mol. The first-order valence-corrected chi connectivity index (χ1v) is 10.6. The Morgan fingerprint density at radius 1 is 1.18 bits per heavy atom. The van der Waals surface area contributed by atoms with E-state index in [1.54, 1.807) is 7.05 Å². The molecule has 28 heavy (non-hydrogen) atoms. The summed E-state index contributed by atoms with van der Waals surface area (Å²) in [7, 11) is 1.77. The summed E-state index contributed by atoms with van der Waals surface area (Å²) in [6.07, 6.45) is 6.03. The van der Waals surface area contributed by atoms with Crippen molar-refractivity contribution in [1.29, 1.82) is 0 Å². The Balaban J connectivity index is 1.39. The van der Waals surface area contributed by atoms with Gasteiger partial charge in [-0.1, -0.05) is 31.2 Å². The van der Waals surface area contributed by atoms with E-state index in [9.17, 15) is 9.59 Å². The number of benzene rings is 1. The third-order valence-corrected chi connectivity index (χ3v) is 6.54. The van der Waals surface area contributed by atoms with Crippen LogP contribution in [0.3, 0.4) is 0 Å². The first-order chi connectivity index (χ1) is 13.6. The largest absolute Gasteiger partial charge is 0.354 e. The smallest absolute Gasteiger partial charge is 0.247 e. The summed E-state index contributed by atoms with van der Waals surface area (Å²) in [5.74, 6) is -0.0710. The highest BCUT2D eigenvalue weighted by atomic mass is 16.5. The monoisotopic (exact) mass is 385 g/mol. The number of carbonyl (C=O) groups excluding carboxylic acids is 2. The lowest BCUT2D eigenvalue weighted by atomic mass is 9.98. The average Bonchev–Trinajstić information content (AvgIpc) is 3.29. The molecule has 2 fully saturated rings. The summed E-state index contributed by atoms with van der Waals surface area (Å²) in [4.78, 5) is 27.5. The van der Waals surface area contributed by atoms with Crippen molar-refractivity contribution >= 4 is 11.8 Å². The fraction of sp³-hybridized carbons (Fsp3) is 0.636. The normalized spacial score (nSPS) is 28.1. The van der Waals surface area contributed by atoms with E-state index in [2.05, 4.69) is 34.9 Å². The first-order valence-electron chi connectivity index (χ1n) is 10.6. The van der Waals surface area contributed by atoms with E-state index in [0.717, 1.165) is 32.1 Å². The minimum atomic E-state index is -0.434. The van der Waals surface area contributed by atoms with Gasteiger partial charge >= 0.3 is 0 Å². The molecule has 4 rings (SSSR count). The molecule has 2 N–H and O–H groups in total. The zero-order valence-corrected chi connectivity index (χ0v) is 16.8. The van der Waals surface area contributed by atoms with Crippen molar-refractivity contribution < 1.29 is 14.3 Å². The van der Waals surface area contributed by atoms with Crippen LogP contribution in [0.2, 0.25) is 0 Å². The highest BCUT2D eigenvalue weighted by Gasteiger charge is 2.45.